The summed E-state index contributed by atoms with van der Waals surface area (Å²) in [6.07, 6.45) is 0.694. The van der Waals surface area contributed by atoms with Crippen LogP contribution in [0.3, 0.4) is 0 Å². The number of amides is 1. The Morgan fingerprint density at radius 2 is 1.89 bits per heavy atom. The van der Waals surface area contributed by atoms with Crippen molar-refractivity contribution in [3.8, 4) is 0 Å². The third kappa shape index (κ3) is 4.48. The van der Waals surface area contributed by atoms with Crippen LogP contribution >= 0.6 is 23.2 Å². The van der Waals surface area contributed by atoms with E-state index in [0.29, 0.717) is 11.4 Å². The maximum absolute atomic E-state index is 13.1. The standard InChI is InChI=1S/C20H26Cl2N4O/c1-4-18(26-15(3)19(22)14(2)23-26)20(27)25-10-8-24(9-11-25)13-16-6-5-7-17(21)12-16/h5-7,12,18H,4,8-11,13H2,1-3H3. The molecule has 27 heavy (non-hydrogen) atoms. The summed E-state index contributed by atoms with van der Waals surface area (Å²) >= 11 is 12.3. The van der Waals surface area contributed by atoms with Crippen molar-refractivity contribution in [1.29, 1.82) is 0 Å². The average Bonchev–Trinajstić information content (AvgIpc) is 2.90. The van der Waals surface area contributed by atoms with E-state index < -0.39 is 0 Å². The summed E-state index contributed by atoms with van der Waals surface area (Å²) in [4.78, 5) is 17.4. The number of nitrogens with zero attached hydrogens (tertiary/aromatic N) is 4. The Balaban J connectivity index is 1.62. The summed E-state index contributed by atoms with van der Waals surface area (Å²) in [6.45, 7) is 9.82. The van der Waals surface area contributed by atoms with E-state index in [2.05, 4.69) is 16.1 Å². The minimum absolute atomic E-state index is 0.127. The molecule has 1 unspecified atom stereocenters. The molecule has 1 aliphatic heterocycles. The largest absolute Gasteiger partial charge is 0.338 e. The summed E-state index contributed by atoms with van der Waals surface area (Å²) in [5.41, 5.74) is 2.83. The van der Waals surface area contributed by atoms with Crippen molar-refractivity contribution in [2.24, 2.45) is 0 Å². The van der Waals surface area contributed by atoms with Crippen molar-refractivity contribution >= 4 is 29.1 Å². The molecule has 146 valence electrons. The minimum atomic E-state index is -0.296. The summed E-state index contributed by atoms with van der Waals surface area (Å²) < 4.78 is 1.79. The number of aromatic nitrogens is 2. The smallest absolute Gasteiger partial charge is 0.247 e. The molecule has 5 nitrogen and oxygen atoms in total. The highest BCUT2D eigenvalue weighted by molar-refractivity contribution is 6.31. The zero-order valence-corrected chi connectivity index (χ0v) is 17.6. The molecule has 0 bridgehead atoms. The highest BCUT2D eigenvalue weighted by Gasteiger charge is 2.29. The van der Waals surface area contributed by atoms with E-state index in [-0.39, 0.29) is 11.9 Å². The van der Waals surface area contributed by atoms with Crippen LogP contribution in [0.5, 0.6) is 0 Å². The van der Waals surface area contributed by atoms with Gasteiger partial charge in [-0.2, -0.15) is 5.10 Å². The second-order valence-electron chi connectivity index (χ2n) is 7.08. The second-order valence-corrected chi connectivity index (χ2v) is 7.90. The Hall–Kier alpha value is -1.56. The van der Waals surface area contributed by atoms with E-state index in [9.17, 15) is 4.79 Å². The van der Waals surface area contributed by atoms with E-state index in [1.165, 1.54) is 5.56 Å². The lowest BCUT2D eigenvalue weighted by Gasteiger charge is -2.36. The van der Waals surface area contributed by atoms with Gasteiger partial charge in [0.25, 0.3) is 0 Å². The molecule has 1 aromatic carbocycles. The highest BCUT2D eigenvalue weighted by Crippen LogP contribution is 2.25. The van der Waals surface area contributed by atoms with Crippen LogP contribution in [0.25, 0.3) is 0 Å². The number of carbonyl (C=O) groups is 1. The van der Waals surface area contributed by atoms with Crippen molar-refractivity contribution in [2.45, 2.75) is 39.8 Å². The Bertz CT molecular complexity index is 812. The van der Waals surface area contributed by atoms with Crippen molar-refractivity contribution in [2.75, 3.05) is 26.2 Å². The first kappa shape index (κ1) is 20.2. The molecule has 1 aromatic heterocycles. The molecule has 1 aliphatic rings. The molecular formula is C20H26Cl2N4O. The van der Waals surface area contributed by atoms with E-state index in [0.717, 1.165) is 49.1 Å². The number of benzene rings is 1. The molecule has 1 saturated heterocycles. The first-order valence-corrected chi connectivity index (χ1v) is 10.1. The maximum atomic E-state index is 13.1. The third-order valence-electron chi connectivity index (χ3n) is 5.18. The average molecular weight is 409 g/mol. The van der Waals surface area contributed by atoms with Gasteiger partial charge in [0.2, 0.25) is 5.91 Å². The first-order valence-electron chi connectivity index (χ1n) is 9.37. The molecule has 3 rings (SSSR count). The molecule has 1 atom stereocenters. The Morgan fingerprint density at radius 3 is 2.44 bits per heavy atom. The first-order chi connectivity index (χ1) is 12.9. The fourth-order valence-electron chi connectivity index (χ4n) is 3.63. The maximum Gasteiger partial charge on any atom is 0.247 e. The van der Waals surface area contributed by atoms with Gasteiger partial charge < -0.3 is 4.90 Å². The van der Waals surface area contributed by atoms with Crippen molar-refractivity contribution in [1.82, 2.24) is 19.6 Å². The van der Waals surface area contributed by atoms with E-state index >= 15 is 0 Å². The Labute approximate surface area is 170 Å². The topological polar surface area (TPSA) is 41.4 Å². The second kappa shape index (κ2) is 8.63. The Kier molecular flexibility index (Phi) is 6.45. The SMILES string of the molecule is CCC(C(=O)N1CCN(Cc2cccc(Cl)c2)CC1)n1nc(C)c(Cl)c1C. The normalized spacial score (nSPS) is 16.6. The number of carbonyl (C=O) groups excluding carboxylic acids is 1. The van der Waals surface area contributed by atoms with Gasteiger partial charge in [0.15, 0.2) is 0 Å². The summed E-state index contributed by atoms with van der Waals surface area (Å²) in [5, 5.41) is 5.90. The minimum Gasteiger partial charge on any atom is -0.338 e. The van der Waals surface area contributed by atoms with Gasteiger partial charge >= 0.3 is 0 Å². The molecule has 7 heteroatoms. The van der Waals surface area contributed by atoms with Crippen LogP contribution in [-0.2, 0) is 11.3 Å². The van der Waals surface area contributed by atoms with Crippen molar-refractivity contribution in [3.05, 3.63) is 51.3 Å². The fourth-order valence-corrected chi connectivity index (χ4v) is 3.97. The molecule has 0 spiro atoms. The van der Waals surface area contributed by atoms with Crippen LogP contribution in [0.4, 0.5) is 0 Å². The highest BCUT2D eigenvalue weighted by atomic mass is 35.5. The molecular weight excluding hydrogens is 383 g/mol. The molecule has 0 radical (unpaired) electrons. The number of hydrogen-bond donors (Lipinski definition) is 0. The lowest BCUT2D eigenvalue weighted by Crippen LogP contribution is -2.50. The van der Waals surface area contributed by atoms with Crippen LogP contribution in [0.15, 0.2) is 24.3 Å². The molecule has 0 aliphatic carbocycles. The van der Waals surface area contributed by atoms with Crippen LogP contribution in [0.1, 0.15) is 36.3 Å². The summed E-state index contributed by atoms with van der Waals surface area (Å²) in [7, 11) is 0. The third-order valence-corrected chi connectivity index (χ3v) is 5.96. The molecule has 0 N–H and O–H groups in total. The number of aryl methyl sites for hydroxylation is 1. The van der Waals surface area contributed by atoms with Gasteiger partial charge in [-0.1, -0.05) is 42.3 Å². The van der Waals surface area contributed by atoms with E-state index in [4.69, 9.17) is 23.2 Å². The van der Waals surface area contributed by atoms with Crippen LogP contribution in [-0.4, -0.2) is 51.7 Å². The van der Waals surface area contributed by atoms with Crippen molar-refractivity contribution in [3.63, 3.8) is 0 Å². The predicted octanol–water partition coefficient (Wildman–Crippen LogP) is 4.10. The van der Waals surface area contributed by atoms with Gasteiger partial charge in [-0.15, -0.1) is 0 Å². The van der Waals surface area contributed by atoms with Crippen LogP contribution in [0, 0.1) is 13.8 Å². The van der Waals surface area contributed by atoms with Gasteiger partial charge in [0, 0.05) is 37.7 Å². The Morgan fingerprint density at radius 1 is 1.19 bits per heavy atom. The lowest BCUT2D eigenvalue weighted by atomic mass is 10.1. The quantitative estimate of drug-likeness (QED) is 0.747. The number of hydrogen-bond acceptors (Lipinski definition) is 3. The van der Waals surface area contributed by atoms with E-state index in [1.54, 1.807) is 4.68 Å². The molecule has 1 fully saturated rings. The predicted molar refractivity (Wildman–Crippen MR) is 109 cm³/mol. The van der Waals surface area contributed by atoms with Gasteiger partial charge in [-0.05, 0) is 38.0 Å². The van der Waals surface area contributed by atoms with E-state index in [1.807, 2.05) is 43.9 Å². The lowest BCUT2D eigenvalue weighted by molar-refractivity contribution is -0.137. The number of piperazine rings is 1. The monoisotopic (exact) mass is 408 g/mol. The summed E-state index contributed by atoms with van der Waals surface area (Å²) in [6, 6.07) is 7.65. The van der Waals surface area contributed by atoms with Gasteiger partial charge in [-0.25, -0.2) is 0 Å². The molecule has 1 amide bonds. The van der Waals surface area contributed by atoms with Gasteiger partial charge in [-0.3, -0.25) is 14.4 Å². The van der Waals surface area contributed by atoms with Gasteiger partial charge in [0.05, 0.1) is 16.4 Å². The fraction of sp³-hybridized carbons (Fsp3) is 0.500. The number of rotatable bonds is 5. The van der Waals surface area contributed by atoms with Crippen LogP contribution < -0.4 is 0 Å². The molecule has 2 aromatic rings. The van der Waals surface area contributed by atoms with Gasteiger partial charge in [0.1, 0.15) is 6.04 Å². The zero-order chi connectivity index (χ0) is 19.6. The van der Waals surface area contributed by atoms with Crippen molar-refractivity contribution < 1.29 is 4.79 Å². The molecule has 2 heterocycles. The zero-order valence-electron chi connectivity index (χ0n) is 16.1. The summed E-state index contributed by atoms with van der Waals surface area (Å²) in [5.74, 6) is 0.127. The number of halogens is 2. The molecule has 0 saturated carbocycles. The van der Waals surface area contributed by atoms with Crippen LogP contribution in [0.2, 0.25) is 10.0 Å².